The van der Waals surface area contributed by atoms with E-state index in [1.54, 1.807) is 13.8 Å². The third-order valence-corrected chi connectivity index (χ3v) is 4.15. The number of ether oxygens (including phenoxy) is 3. The van der Waals surface area contributed by atoms with Crippen molar-refractivity contribution in [1.82, 2.24) is 4.98 Å². The first-order valence-corrected chi connectivity index (χ1v) is 8.55. The summed E-state index contributed by atoms with van der Waals surface area (Å²) < 4.78 is 22.0. The van der Waals surface area contributed by atoms with E-state index in [0.29, 0.717) is 24.0 Å². The number of nitrogens with zero attached hydrogens (tertiary/aromatic N) is 1. The van der Waals surface area contributed by atoms with Gasteiger partial charge in [0.15, 0.2) is 6.10 Å². The second-order valence-electron chi connectivity index (χ2n) is 6.11. The smallest absolute Gasteiger partial charge is 0.335 e. The predicted octanol–water partition coefficient (Wildman–Crippen LogP) is 3.28. The third-order valence-electron chi connectivity index (χ3n) is 4.15. The summed E-state index contributed by atoms with van der Waals surface area (Å²) in [6, 6.07) is 9.60. The average molecular weight is 345 g/mol. The molecule has 0 aliphatic carbocycles. The molecule has 0 saturated carbocycles. The second-order valence-corrected chi connectivity index (χ2v) is 6.11. The largest absolute Gasteiger partial charge is 0.457 e. The Bertz CT molecular complexity index is 691. The Morgan fingerprint density at radius 2 is 2.16 bits per heavy atom. The minimum atomic E-state index is -0.634. The Labute approximate surface area is 147 Å². The van der Waals surface area contributed by atoms with Crippen LogP contribution in [0.5, 0.6) is 0 Å². The molecule has 1 aromatic heterocycles. The Kier molecular flexibility index (Phi) is 5.83. The van der Waals surface area contributed by atoms with E-state index in [-0.39, 0.29) is 12.7 Å². The lowest BCUT2D eigenvalue weighted by Crippen LogP contribution is -2.27. The zero-order chi connectivity index (χ0) is 17.6. The molecule has 2 unspecified atom stereocenters. The summed E-state index contributed by atoms with van der Waals surface area (Å²) in [6.07, 6.45) is 1.47. The van der Waals surface area contributed by atoms with Crippen LogP contribution in [0.15, 0.2) is 34.7 Å². The Hall–Kier alpha value is -2.18. The van der Waals surface area contributed by atoms with Crippen molar-refractivity contribution in [2.24, 2.45) is 0 Å². The number of aromatic nitrogens is 1. The van der Waals surface area contributed by atoms with Crippen LogP contribution in [0.25, 0.3) is 11.5 Å². The molecule has 3 rings (SSSR count). The van der Waals surface area contributed by atoms with Gasteiger partial charge in [-0.3, -0.25) is 0 Å². The summed E-state index contributed by atoms with van der Waals surface area (Å²) in [5.74, 6) is 0.744. The quantitative estimate of drug-likeness (QED) is 0.717. The number of oxazole rings is 1. The number of benzene rings is 1. The number of hydrogen-bond acceptors (Lipinski definition) is 6. The van der Waals surface area contributed by atoms with Crippen molar-refractivity contribution in [3.05, 3.63) is 41.8 Å². The van der Waals surface area contributed by atoms with Crippen molar-refractivity contribution in [3.8, 4) is 11.5 Å². The topological polar surface area (TPSA) is 70.8 Å². The lowest BCUT2D eigenvalue weighted by Gasteiger charge is -2.15. The SMILES string of the molecule is Cc1oc(-c2ccccc2)nc1COC(=O)C(C)OCC1CCCO1. The van der Waals surface area contributed by atoms with Gasteiger partial charge in [-0.25, -0.2) is 9.78 Å². The molecule has 134 valence electrons. The van der Waals surface area contributed by atoms with Gasteiger partial charge in [0.25, 0.3) is 0 Å². The van der Waals surface area contributed by atoms with Crippen molar-refractivity contribution in [2.45, 2.75) is 45.5 Å². The minimum Gasteiger partial charge on any atom is -0.457 e. The Balaban J connectivity index is 1.50. The van der Waals surface area contributed by atoms with Crippen LogP contribution < -0.4 is 0 Å². The van der Waals surface area contributed by atoms with Crippen molar-refractivity contribution in [1.29, 1.82) is 0 Å². The molecule has 1 fully saturated rings. The van der Waals surface area contributed by atoms with E-state index >= 15 is 0 Å². The maximum atomic E-state index is 12.1. The molecule has 1 aliphatic rings. The molecule has 2 heterocycles. The summed E-state index contributed by atoms with van der Waals surface area (Å²) in [4.78, 5) is 16.5. The highest BCUT2D eigenvalue weighted by molar-refractivity contribution is 5.74. The zero-order valence-corrected chi connectivity index (χ0v) is 14.6. The molecule has 25 heavy (non-hydrogen) atoms. The van der Waals surface area contributed by atoms with Gasteiger partial charge in [0.05, 0.1) is 12.7 Å². The summed E-state index contributed by atoms with van der Waals surface area (Å²) in [7, 11) is 0. The first kappa shape index (κ1) is 17.6. The van der Waals surface area contributed by atoms with Crippen molar-refractivity contribution >= 4 is 5.97 Å². The maximum absolute atomic E-state index is 12.1. The number of esters is 1. The first-order valence-electron chi connectivity index (χ1n) is 8.55. The van der Waals surface area contributed by atoms with Gasteiger partial charge in [-0.1, -0.05) is 18.2 Å². The van der Waals surface area contributed by atoms with Crippen LogP contribution in [-0.4, -0.2) is 36.4 Å². The molecule has 0 spiro atoms. The molecule has 1 saturated heterocycles. The molecule has 2 aromatic rings. The predicted molar refractivity (Wildman–Crippen MR) is 90.9 cm³/mol. The van der Waals surface area contributed by atoms with E-state index in [2.05, 4.69) is 4.98 Å². The fraction of sp³-hybridized carbons (Fsp3) is 0.474. The van der Waals surface area contributed by atoms with Crippen LogP contribution in [-0.2, 0) is 25.6 Å². The van der Waals surface area contributed by atoms with Crippen LogP contribution in [0.3, 0.4) is 0 Å². The third kappa shape index (κ3) is 4.67. The molecule has 0 N–H and O–H groups in total. The van der Waals surface area contributed by atoms with Crippen LogP contribution in [0, 0.1) is 6.92 Å². The molecule has 0 radical (unpaired) electrons. The molecule has 6 nitrogen and oxygen atoms in total. The van der Waals surface area contributed by atoms with Crippen molar-refractivity contribution in [3.63, 3.8) is 0 Å². The van der Waals surface area contributed by atoms with Crippen LogP contribution >= 0.6 is 0 Å². The van der Waals surface area contributed by atoms with E-state index < -0.39 is 12.1 Å². The molecule has 1 aliphatic heterocycles. The molecule has 6 heteroatoms. The molecular weight excluding hydrogens is 322 g/mol. The van der Waals surface area contributed by atoms with Gasteiger partial charge < -0.3 is 18.6 Å². The van der Waals surface area contributed by atoms with E-state index in [1.807, 2.05) is 30.3 Å². The number of aryl methyl sites for hydroxylation is 1. The monoisotopic (exact) mass is 345 g/mol. The molecular formula is C19H23NO5. The minimum absolute atomic E-state index is 0.0641. The fourth-order valence-electron chi connectivity index (χ4n) is 2.62. The van der Waals surface area contributed by atoms with Gasteiger partial charge in [0, 0.05) is 12.2 Å². The zero-order valence-electron chi connectivity index (χ0n) is 14.6. The maximum Gasteiger partial charge on any atom is 0.335 e. The highest BCUT2D eigenvalue weighted by Gasteiger charge is 2.21. The van der Waals surface area contributed by atoms with E-state index in [4.69, 9.17) is 18.6 Å². The van der Waals surface area contributed by atoms with Gasteiger partial charge in [-0.2, -0.15) is 0 Å². The average Bonchev–Trinajstić information content (AvgIpc) is 3.28. The van der Waals surface area contributed by atoms with Gasteiger partial charge in [-0.15, -0.1) is 0 Å². The summed E-state index contributed by atoms with van der Waals surface area (Å²) in [5, 5.41) is 0. The number of rotatable bonds is 7. The number of carbonyl (C=O) groups is 1. The van der Waals surface area contributed by atoms with Crippen LogP contribution in [0.4, 0.5) is 0 Å². The summed E-state index contributed by atoms with van der Waals surface area (Å²) in [6.45, 7) is 4.73. The highest BCUT2D eigenvalue weighted by Crippen LogP contribution is 2.22. The fourth-order valence-corrected chi connectivity index (χ4v) is 2.62. The van der Waals surface area contributed by atoms with Gasteiger partial charge >= 0.3 is 5.97 Å². The Morgan fingerprint density at radius 1 is 1.36 bits per heavy atom. The number of carbonyl (C=O) groups excluding carboxylic acids is 1. The number of hydrogen-bond donors (Lipinski definition) is 0. The lowest BCUT2D eigenvalue weighted by molar-refractivity contribution is -0.159. The van der Waals surface area contributed by atoms with Crippen LogP contribution in [0.1, 0.15) is 31.2 Å². The highest BCUT2D eigenvalue weighted by atomic mass is 16.6. The van der Waals surface area contributed by atoms with Gasteiger partial charge in [-0.05, 0) is 38.8 Å². The normalized spacial score (nSPS) is 18.2. The molecule has 2 atom stereocenters. The van der Waals surface area contributed by atoms with E-state index in [0.717, 1.165) is 25.0 Å². The standard InChI is InChI=1S/C19H23NO5/c1-13-17(20-18(25-13)15-7-4-3-5-8-15)12-24-19(21)14(2)23-11-16-9-6-10-22-16/h3-5,7-8,14,16H,6,9-12H2,1-2H3. The molecule has 0 bridgehead atoms. The summed E-state index contributed by atoms with van der Waals surface area (Å²) in [5.41, 5.74) is 1.50. The van der Waals surface area contributed by atoms with E-state index in [9.17, 15) is 4.79 Å². The van der Waals surface area contributed by atoms with Crippen molar-refractivity contribution in [2.75, 3.05) is 13.2 Å². The molecule has 1 aromatic carbocycles. The van der Waals surface area contributed by atoms with E-state index in [1.165, 1.54) is 0 Å². The summed E-state index contributed by atoms with van der Waals surface area (Å²) >= 11 is 0. The van der Waals surface area contributed by atoms with Gasteiger partial charge in [0.2, 0.25) is 5.89 Å². The first-order chi connectivity index (χ1) is 12.1. The molecule has 0 amide bonds. The van der Waals surface area contributed by atoms with Gasteiger partial charge in [0.1, 0.15) is 18.1 Å². The Morgan fingerprint density at radius 3 is 2.88 bits per heavy atom. The van der Waals surface area contributed by atoms with Crippen LogP contribution in [0.2, 0.25) is 0 Å². The second kappa shape index (κ2) is 8.27. The van der Waals surface area contributed by atoms with Crippen molar-refractivity contribution < 1.29 is 23.4 Å². The lowest BCUT2D eigenvalue weighted by atomic mass is 10.2.